The SMILES string of the molecule is O=C(CSc1nsnc1-c1cccc(F)c1)N1CCN(C(=O)C2CCCO2)CC1. The minimum absolute atomic E-state index is 0.00240. The molecule has 1 atom stereocenters. The zero-order valence-electron chi connectivity index (χ0n) is 15.8. The zero-order chi connectivity index (χ0) is 20.2. The third-order valence-corrected chi connectivity index (χ3v) is 6.63. The third kappa shape index (κ3) is 4.76. The average molecular weight is 437 g/mol. The first kappa shape index (κ1) is 20.2. The quantitative estimate of drug-likeness (QED) is 0.670. The zero-order valence-corrected chi connectivity index (χ0v) is 17.4. The summed E-state index contributed by atoms with van der Waals surface area (Å²) in [5.74, 6) is -0.0689. The van der Waals surface area contributed by atoms with Gasteiger partial charge < -0.3 is 14.5 Å². The number of carbonyl (C=O) groups excluding carboxylic acids is 2. The average Bonchev–Trinajstić information content (AvgIpc) is 3.43. The standard InChI is InChI=1S/C19H21FN4O3S2/c20-14-4-1-3-13(11-14)17-18(22-29-21-17)28-12-16(25)23-6-8-24(9-7-23)19(26)15-5-2-10-27-15/h1,3-4,11,15H,2,5-10,12H2. The van der Waals surface area contributed by atoms with Crippen molar-refractivity contribution in [2.24, 2.45) is 0 Å². The van der Waals surface area contributed by atoms with Crippen LogP contribution < -0.4 is 0 Å². The number of carbonyl (C=O) groups is 2. The van der Waals surface area contributed by atoms with Gasteiger partial charge in [-0.1, -0.05) is 23.9 Å². The maximum Gasteiger partial charge on any atom is 0.251 e. The van der Waals surface area contributed by atoms with E-state index >= 15 is 0 Å². The topological polar surface area (TPSA) is 75.6 Å². The molecular weight excluding hydrogens is 415 g/mol. The van der Waals surface area contributed by atoms with Crippen molar-refractivity contribution in [2.75, 3.05) is 38.5 Å². The lowest BCUT2D eigenvalue weighted by molar-refractivity contribution is -0.145. The third-order valence-electron chi connectivity index (χ3n) is 5.04. The molecule has 3 heterocycles. The molecule has 1 unspecified atom stereocenters. The lowest BCUT2D eigenvalue weighted by Crippen LogP contribution is -2.53. The summed E-state index contributed by atoms with van der Waals surface area (Å²) in [6.07, 6.45) is 1.39. The summed E-state index contributed by atoms with van der Waals surface area (Å²) in [6, 6.07) is 6.19. The lowest BCUT2D eigenvalue weighted by Gasteiger charge is -2.35. The van der Waals surface area contributed by atoms with E-state index < -0.39 is 0 Å². The van der Waals surface area contributed by atoms with Crippen molar-refractivity contribution in [1.82, 2.24) is 18.5 Å². The number of aromatic nitrogens is 2. The first-order valence-corrected chi connectivity index (χ1v) is 11.2. The second-order valence-electron chi connectivity index (χ2n) is 6.92. The second kappa shape index (κ2) is 9.19. The van der Waals surface area contributed by atoms with Crippen LogP contribution in [0.2, 0.25) is 0 Å². The molecule has 2 saturated heterocycles. The first-order valence-electron chi connectivity index (χ1n) is 9.51. The maximum absolute atomic E-state index is 13.5. The summed E-state index contributed by atoms with van der Waals surface area (Å²) >= 11 is 2.35. The molecule has 7 nitrogen and oxygen atoms in total. The number of benzene rings is 1. The van der Waals surface area contributed by atoms with Gasteiger partial charge in [0.15, 0.2) is 0 Å². The van der Waals surface area contributed by atoms with Gasteiger partial charge in [-0.3, -0.25) is 9.59 Å². The molecule has 0 saturated carbocycles. The Morgan fingerprint density at radius 2 is 2.00 bits per heavy atom. The fourth-order valence-corrected chi connectivity index (χ4v) is 5.05. The van der Waals surface area contributed by atoms with Crippen LogP contribution in [0.15, 0.2) is 29.3 Å². The molecule has 0 radical (unpaired) electrons. The number of halogens is 1. The molecule has 0 aliphatic carbocycles. The molecule has 2 fully saturated rings. The van der Waals surface area contributed by atoms with Crippen molar-refractivity contribution >= 4 is 35.3 Å². The highest BCUT2D eigenvalue weighted by atomic mass is 32.2. The molecule has 29 heavy (non-hydrogen) atoms. The van der Waals surface area contributed by atoms with Gasteiger partial charge in [0, 0.05) is 38.3 Å². The minimum Gasteiger partial charge on any atom is -0.368 e. The molecule has 2 amide bonds. The van der Waals surface area contributed by atoms with E-state index in [1.165, 1.54) is 23.9 Å². The predicted molar refractivity (Wildman–Crippen MR) is 108 cm³/mol. The Hall–Kier alpha value is -2.04. The Kier molecular flexibility index (Phi) is 6.41. The number of ether oxygens (including phenoxy) is 1. The van der Waals surface area contributed by atoms with Gasteiger partial charge in [-0.05, 0) is 25.0 Å². The van der Waals surface area contributed by atoms with Crippen LogP contribution >= 0.6 is 23.5 Å². The molecule has 2 aromatic rings. The summed E-state index contributed by atoms with van der Waals surface area (Å²) in [6.45, 7) is 2.74. The van der Waals surface area contributed by atoms with Gasteiger partial charge in [0.25, 0.3) is 5.91 Å². The largest absolute Gasteiger partial charge is 0.368 e. The fourth-order valence-electron chi connectivity index (χ4n) is 3.46. The van der Waals surface area contributed by atoms with E-state index in [4.69, 9.17) is 4.74 Å². The van der Waals surface area contributed by atoms with Gasteiger partial charge in [-0.15, -0.1) is 0 Å². The van der Waals surface area contributed by atoms with Crippen LogP contribution in [0, 0.1) is 5.82 Å². The number of hydrogen-bond donors (Lipinski definition) is 0. The van der Waals surface area contributed by atoms with Crippen molar-refractivity contribution < 1.29 is 18.7 Å². The molecule has 1 aromatic carbocycles. The summed E-state index contributed by atoms with van der Waals surface area (Å²) in [4.78, 5) is 28.6. The molecule has 2 aliphatic rings. The highest BCUT2D eigenvalue weighted by Gasteiger charge is 2.31. The van der Waals surface area contributed by atoms with Gasteiger partial charge in [-0.2, -0.15) is 8.75 Å². The van der Waals surface area contributed by atoms with Crippen molar-refractivity contribution in [3.05, 3.63) is 30.1 Å². The fraction of sp³-hybridized carbons (Fsp3) is 0.474. The minimum atomic E-state index is -0.335. The summed E-state index contributed by atoms with van der Waals surface area (Å²) in [5, 5.41) is 0.626. The van der Waals surface area contributed by atoms with Crippen molar-refractivity contribution in [3.8, 4) is 11.3 Å². The monoisotopic (exact) mass is 436 g/mol. The number of nitrogens with zero attached hydrogens (tertiary/aromatic N) is 4. The first-order chi connectivity index (χ1) is 14.1. The lowest BCUT2D eigenvalue weighted by atomic mass is 10.2. The van der Waals surface area contributed by atoms with Gasteiger partial charge in [0.1, 0.15) is 22.6 Å². The van der Waals surface area contributed by atoms with Gasteiger partial charge in [0.05, 0.1) is 17.5 Å². The second-order valence-corrected chi connectivity index (χ2v) is 8.42. The number of rotatable bonds is 5. The van der Waals surface area contributed by atoms with E-state index in [9.17, 15) is 14.0 Å². The Morgan fingerprint density at radius 1 is 1.21 bits per heavy atom. The highest BCUT2D eigenvalue weighted by molar-refractivity contribution is 8.00. The number of piperazine rings is 1. The summed E-state index contributed by atoms with van der Waals surface area (Å²) in [7, 11) is 0. The number of hydrogen-bond acceptors (Lipinski definition) is 7. The van der Waals surface area contributed by atoms with Crippen LogP contribution in [-0.2, 0) is 14.3 Å². The molecule has 2 aliphatic heterocycles. The smallest absolute Gasteiger partial charge is 0.251 e. The molecule has 0 bridgehead atoms. The Morgan fingerprint density at radius 3 is 2.72 bits per heavy atom. The van der Waals surface area contributed by atoms with Crippen molar-refractivity contribution in [3.63, 3.8) is 0 Å². The summed E-state index contributed by atoms with van der Waals surface area (Å²) < 4.78 is 27.5. The van der Waals surface area contributed by atoms with Crippen LogP contribution in [0.1, 0.15) is 12.8 Å². The number of amides is 2. The molecule has 4 rings (SSSR count). The van der Waals surface area contributed by atoms with Crippen LogP contribution in [0.25, 0.3) is 11.3 Å². The number of thioether (sulfide) groups is 1. The van der Waals surface area contributed by atoms with Gasteiger partial charge >= 0.3 is 0 Å². The van der Waals surface area contributed by atoms with Crippen molar-refractivity contribution in [2.45, 2.75) is 24.0 Å². The van der Waals surface area contributed by atoms with Crippen LogP contribution in [-0.4, -0.2) is 75.0 Å². The van der Waals surface area contributed by atoms with E-state index in [1.807, 2.05) is 0 Å². The highest BCUT2D eigenvalue weighted by Crippen LogP contribution is 2.30. The maximum atomic E-state index is 13.5. The molecular formula is C19H21FN4O3S2. The van der Waals surface area contributed by atoms with Gasteiger partial charge in [-0.25, -0.2) is 4.39 Å². The van der Waals surface area contributed by atoms with E-state index in [1.54, 1.807) is 21.9 Å². The molecule has 154 valence electrons. The Balaban J connectivity index is 1.29. The van der Waals surface area contributed by atoms with E-state index in [0.717, 1.165) is 24.6 Å². The van der Waals surface area contributed by atoms with E-state index in [2.05, 4.69) is 8.75 Å². The molecule has 10 heteroatoms. The van der Waals surface area contributed by atoms with Gasteiger partial charge in [0.2, 0.25) is 5.91 Å². The normalized spacial score (nSPS) is 19.6. The van der Waals surface area contributed by atoms with Crippen LogP contribution in [0.4, 0.5) is 4.39 Å². The van der Waals surface area contributed by atoms with Crippen LogP contribution in [0.5, 0.6) is 0 Å². The molecule has 1 aromatic heterocycles. The molecule has 0 N–H and O–H groups in total. The van der Waals surface area contributed by atoms with Crippen LogP contribution in [0.3, 0.4) is 0 Å². The van der Waals surface area contributed by atoms with Crippen molar-refractivity contribution in [1.29, 1.82) is 0 Å². The Bertz CT molecular complexity index is 880. The Labute approximate surface area is 176 Å². The summed E-state index contributed by atoms with van der Waals surface area (Å²) in [5.41, 5.74) is 1.24. The molecule has 0 spiro atoms. The predicted octanol–water partition coefficient (Wildman–Crippen LogP) is 2.29. The van der Waals surface area contributed by atoms with E-state index in [0.29, 0.717) is 49.1 Å². The van der Waals surface area contributed by atoms with E-state index in [-0.39, 0.29) is 29.5 Å².